The van der Waals surface area contributed by atoms with Gasteiger partial charge in [0.15, 0.2) is 5.60 Å². The highest BCUT2D eigenvalue weighted by molar-refractivity contribution is 5.81. The van der Waals surface area contributed by atoms with Crippen molar-refractivity contribution in [1.29, 1.82) is 0 Å². The van der Waals surface area contributed by atoms with Crippen molar-refractivity contribution in [3.05, 3.63) is 35.4 Å². The zero-order chi connectivity index (χ0) is 14.9. The van der Waals surface area contributed by atoms with Crippen molar-refractivity contribution in [3.8, 4) is 0 Å². The number of rotatable bonds is 3. The van der Waals surface area contributed by atoms with Crippen LogP contribution >= 0.6 is 0 Å². The van der Waals surface area contributed by atoms with Crippen molar-refractivity contribution in [3.63, 3.8) is 0 Å². The molecular formula is C17H24O3. The normalized spacial score (nSPS) is 24.9. The molecule has 3 nitrogen and oxygen atoms in total. The molecule has 110 valence electrons. The van der Waals surface area contributed by atoms with Gasteiger partial charge in [-0.3, -0.25) is 0 Å². The monoisotopic (exact) mass is 276 g/mol. The fraction of sp³-hybridized carbons (Fsp3) is 0.588. The fourth-order valence-corrected chi connectivity index (χ4v) is 3.41. The van der Waals surface area contributed by atoms with Crippen LogP contribution < -0.4 is 0 Å². The van der Waals surface area contributed by atoms with Crippen LogP contribution in [0.25, 0.3) is 0 Å². The average molecular weight is 276 g/mol. The summed E-state index contributed by atoms with van der Waals surface area (Å²) in [5.74, 6) is -0.442. The third kappa shape index (κ3) is 2.24. The summed E-state index contributed by atoms with van der Waals surface area (Å²) in [7, 11) is 1.34. The van der Waals surface area contributed by atoms with Gasteiger partial charge in [0.25, 0.3) is 0 Å². The van der Waals surface area contributed by atoms with Gasteiger partial charge in [0.1, 0.15) is 0 Å². The molecular weight excluding hydrogens is 252 g/mol. The number of hydrogen-bond acceptors (Lipinski definition) is 3. The Balaban J connectivity index is 2.51. The number of carbonyl (C=O) groups is 1. The molecule has 0 radical (unpaired) electrons. The summed E-state index contributed by atoms with van der Waals surface area (Å²) in [4.78, 5) is 12.2. The molecule has 0 spiro atoms. The van der Waals surface area contributed by atoms with E-state index in [1.54, 1.807) is 0 Å². The second-order valence-corrected chi connectivity index (χ2v) is 6.13. The summed E-state index contributed by atoms with van der Waals surface area (Å²) in [5.41, 5.74) is 0.880. The van der Waals surface area contributed by atoms with Crippen molar-refractivity contribution < 1.29 is 14.6 Å². The number of hydrogen-bond donors (Lipinski definition) is 1. The van der Waals surface area contributed by atoms with E-state index in [0.29, 0.717) is 5.92 Å². The molecule has 1 N–H and O–H groups in total. The number of carbonyl (C=O) groups excluding carboxylic acids is 1. The van der Waals surface area contributed by atoms with E-state index in [2.05, 4.69) is 13.0 Å². The van der Waals surface area contributed by atoms with Crippen molar-refractivity contribution in [2.75, 3.05) is 7.11 Å². The third-order valence-corrected chi connectivity index (χ3v) is 4.71. The Morgan fingerprint density at radius 1 is 1.30 bits per heavy atom. The summed E-state index contributed by atoms with van der Waals surface area (Å²) < 4.78 is 4.88. The molecule has 0 fully saturated rings. The van der Waals surface area contributed by atoms with E-state index < -0.39 is 11.6 Å². The number of esters is 1. The average Bonchev–Trinajstić information content (AvgIpc) is 2.46. The zero-order valence-corrected chi connectivity index (χ0v) is 12.7. The molecule has 2 rings (SSSR count). The Morgan fingerprint density at radius 3 is 2.45 bits per heavy atom. The lowest BCUT2D eigenvalue weighted by Crippen LogP contribution is -2.50. The van der Waals surface area contributed by atoms with Gasteiger partial charge in [-0.05, 0) is 35.8 Å². The van der Waals surface area contributed by atoms with Gasteiger partial charge in [-0.2, -0.15) is 0 Å². The van der Waals surface area contributed by atoms with Crippen LogP contribution in [-0.4, -0.2) is 23.8 Å². The number of benzene rings is 1. The summed E-state index contributed by atoms with van der Waals surface area (Å²) in [5, 5.41) is 11.0. The van der Waals surface area contributed by atoms with E-state index in [1.165, 1.54) is 12.7 Å². The molecule has 3 atom stereocenters. The Morgan fingerprint density at radius 2 is 1.90 bits per heavy atom. The van der Waals surface area contributed by atoms with Crippen LogP contribution in [0, 0.1) is 5.92 Å². The van der Waals surface area contributed by atoms with E-state index >= 15 is 0 Å². The minimum Gasteiger partial charge on any atom is -0.467 e. The molecule has 0 saturated carbocycles. The molecule has 3 heteroatoms. The summed E-state index contributed by atoms with van der Waals surface area (Å²) in [6.45, 7) is 5.94. The topological polar surface area (TPSA) is 46.5 Å². The predicted molar refractivity (Wildman–Crippen MR) is 78.6 cm³/mol. The maximum Gasteiger partial charge on any atom is 0.338 e. The van der Waals surface area contributed by atoms with Gasteiger partial charge in [-0.1, -0.05) is 45.0 Å². The number of ether oxygens (including phenoxy) is 1. The lowest BCUT2D eigenvalue weighted by atomic mass is 9.66. The van der Waals surface area contributed by atoms with E-state index in [9.17, 15) is 9.90 Å². The van der Waals surface area contributed by atoms with Gasteiger partial charge in [-0.25, -0.2) is 4.79 Å². The Kier molecular flexibility index (Phi) is 4.19. The molecule has 0 amide bonds. The summed E-state index contributed by atoms with van der Waals surface area (Å²) in [6, 6.07) is 8.13. The van der Waals surface area contributed by atoms with E-state index in [4.69, 9.17) is 4.74 Å². The number of fused-ring (bicyclic) bond motifs is 1. The molecule has 0 bridgehead atoms. The predicted octanol–water partition coefficient (Wildman–Crippen LogP) is 3.23. The van der Waals surface area contributed by atoms with Gasteiger partial charge < -0.3 is 9.84 Å². The molecule has 1 aliphatic rings. The van der Waals surface area contributed by atoms with Crippen LogP contribution in [-0.2, 0) is 9.53 Å². The molecule has 0 aromatic heterocycles. The first kappa shape index (κ1) is 15.0. The van der Waals surface area contributed by atoms with Gasteiger partial charge in [-0.15, -0.1) is 0 Å². The second-order valence-electron chi connectivity index (χ2n) is 6.13. The minimum absolute atomic E-state index is 0.192. The van der Waals surface area contributed by atoms with Gasteiger partial charge in [0.05, 0.1) is 7.11 Å². The van der Waals surface area contributed by atoms with Crippen LogP contribution in [0.3, 0.4) is 0 Å². The van der Waals surface area contributed by atoms with Crippen molar-refractivity contribution in [2.24, 2.45) is 5.92 Å². The lowest BCUT2D eigenvalue weighted by Gasteiger charge is -2.41. The van der Waals surface area contributed by atoms with Crippen molar-refractivity contribution in [1.82, 2.24) is 0 Å². The maximum absolute atomic E-state index is 12.2. The fourth-order valence-electron chi connectivity index (χ4n) is 3.41. The van der Waals surface area contributed by atoms with Gasteiger partial charge >= 0.3 is 5.97 Å². The Labute approximate surface area is 121 Å². The van der Waals surface area contributed by atoms with Crippen LogP contribution in [0.2, 0.25) is 0 Å². The second kappa shape index (κ2) is 5.57. The Hall–Kier alpha value is -1.35. The van der Waals surface area contributed by atoms with Gasteiger partial charge in [0, 0.05) is 5.92 Å². The van der Waals surface area contributed by atoms with Gasteiger partial charge in [0.2, 0.25) is 0 Å². The maximum atomic E-state index is 12.2. The van der Waals surface area contributed by atoms with Crippen LogP contribution in [0.5, 0.6) is 0 Å². The van der Waals surface area contributed by atoms with Crippen LogP contribution in [0.15, 0.2) is 24.3 Å². The highest BCUT2D eigenvalue weighted by Gasteiger charge is 2.50. The first-order chi connectivity index (χ1) is 9.42. The summed E-state index contributed by atoms with van der Waals surface area (Å²) in [6.07, 6.45) is 1.79. The minimum atomic E-state index is -1.45. The smallest absolute Gasteiger partial charge is 0.338 e. The van der Waals surface area contributed by atoms with E-state index in [1.807, 2.05) is 32.0 Å². The SMILES string of the molecule is COC(=O)C(O)(C(C)C)C1CCC(C)c2ccccc21. The molecule has 1 aromatic carbocycles. The molecule has 20 heavy (non-hydrogen) atoms. The standard InChI is InChI=1S/C17H24O3/c1-11(2)17(19,16(18)20-4)15-10-9-12(3)13-7-5-6-8-14(13)15/h5-8,11-12,15,19H,9-10H2,1-4H3. The Bertz CT molecular complexity index is 495. The highest BCUT2D eigenvalue weighted by Crippen LogP contribution is 2.46. The van der Waals surface area contributed by atoms with Crippen LogP contribution in [0.1, 0.15) is 56.6 Å². The third-order valence-electron chi connectivity index (χ3n) is 4.71. The highest BCUT2D eigenvalue weighted by atomic mass is 16.5. The first-order valence-corrected chi connectivity index (χ1v) is 7.32. The lowest BCUT2D eigenvalue weighted by molar-refractivity contribution is -0.171. The first-order valence-electron chi connectivity index (χ1n) is 7.32. The van der Waals surface area contributed by atoms with E-state index in [-0.39, 0.29) is 11.8 Å². The molecule has 0 heterocycles. The number of methoxy groups -OCH3 is 1. The molecule has 0 aliphatic heterocycles. The number of aliphatic hydroxyl groups is 1. The largest absolute Gasteiger partial charge is 0.467 e. The zero-order valence-electron chi connectivity index (χ0n) is 12.7. The van der Waals surface area contributed by atoms with Crippen LogP contribution in [0.4, 0.5) is 0 Å². The molecule has 1 aliphatic carbocycles. The van der Waals surface area contributed by atoms with Crippen molar-refractivity contribution in [2.45, 2.75) is 51.0 Å². The summed E-state index contributed by atoms with van der Waals surface area (Å²) >= 11 is 0. The molecule has 1 aromatic rings. The quantitative estimate of drug-likeness (QED) is 0.862. The van der Waals surface area contributed by atoms with E-state index in [0.717, 1.165) is 18.4 Å². The van der Waals surface area contributed by atoms with Crippen molar-refractivity contribution >= 4 is 5.97 Å². The molecule has 0 saturated heterocycles. The molecule has 3 unspecified atom stereocenters.